The molecule has 0 aliphatic carbocycles. The number of hydrogen-bond acceptors (Lipinski definition) is 3. The van der Waals surface area contributed by atoms with Gasteiger partial charge in [0.05, 0.1) is 15.9 Å². The highest BCUT2D eigenvalue weighted by molar-refractivity contribution is 8.05. The molecule has 4 heteroatoms. The molecule has 206 valence electrons. The van der Waals surface area contributed by atoms with Gasteiger partial charge in [-0.25, -0.2) is 0 Å². The summed E-state index contributed by atoms with van der Waals surface area (Å²) in [6.45, 7) is 0. The van der Waals surface area contributed by atoms with E-state index in [1.165, 1.54) is 89.1 Å². The molecule has 0 fully saturated rings. The second-order valence-corrected chi connectivity index (χ2v) is 14.5. The summed E-state index contributed by atoms with van der Waals surface area (Å²) in [7, 11) is 0. The maximum absolute atomic E-state index is 2.50. The third kappa shape index (κ3) is 3.56. The topological polar surface area (TPSA) is 4.93 Å². The summed E-state index contributed by atoms with van der Waals surface area (Å²) in [5.74, 6) is 0. The van der Waals surface area contributed by atoms with Gasteiger partial charge in [0, 0.05) is 51.3 Å². The predicted octanol–water partition coefficient (Wildman–Crippen LogP) is 12.6. The number of aromatic nitrogens is 1. The summed E-state index contributed by atoms with van der Waals surface area (Å²) >= 11 is 5.69. The van der Waals surface area contributed by atoms with Crippen LogP contribution in [0.25, 0.3) is 69.6 Å². The SMILES string of the molecule is c1ccc2c(c1)Sc1c(c3c(c4ccccc14)c1ccccc1n3-c1ccc(-c3ccc4sc5ccccc5c4c3)cc1)S2. The number of fused-ring (bicyclic) bond motifs is 12. The van der Waals surface area contributed by atoms with Crippen molar-refractivity contribution >= 4 is 87.6 Å². The average molecular weight is 614 g/mol. The smallest absolute Gasteiger partial charge is 0.0698 e. The Morgan fingerprint density at radius 1 is 0.432 bits per heavy atom. The highest BCUT2D eigenvalue weighted by atomic mass is 32.2. The molecular weight excluding hydrogens is 591 g/mol. The van der Waals surface area contributed by atoms with Gasteiger partial charge in [0.1, 0.15) is 0 Å². The minimum atomic E-state index is 1.18. The van der Waals surface area contributed by atoms with Gasteiger partial charge in [0.25, 0.3) is 0 Å². The second-order valence-electron chi connectivity index (χ2n) is 11.3. The van der Waals surface area contributed by atoms with Crippen molar-refractivity contribution in [1.29, 1.82) is 0 Å². The molecule has 44 heavy (non-hydrogen) atoms. The zero-order chi connectivity index (χ0) is 28.8. The van der Waals surface area contributed by atoms with Crippen molar-refractivity contribution < 1.29 is 0 Å². The largest absolute Gasteiger partial charge is 0.308 e. The third-order valence-electron chi connectivity index (χ3n) is 8.85. The first-order chi connectivity index (χ1) is 21.8. The van der Waals surface area contributed by atoms with Crippen molar-refractivity contribution in [3.63, 3.8) is 0 Å². The zero-order valence-corrected chi connectivity index (χ0v) is 25.9. The molecule has 0 radical (unpaired) electrons. The molecule has 3 heterocycles. The molecule has 0 saturated carbocycles. The van der Waals surface area contributed by atoms with E-state index in [2.05, 4.69) is 144 Å². The average Bonchev–Trinajstić information content (AvgIpc) is 3.64. The highest BCUT2D eigenvalue weighted by Gasteiger charge is 2.27. The van der Waals surface area contributed by atoms with Gasteiger partial charge in [-0.1, -0.05) is 115 Å². The van der Waals surface area contributed by atoms with Crippen LogP contribution in [0.4, 0.5) is 0 Å². The van der Waals surface area contributed by atoms with Gasteiger partial charge in [-0.15, -0.1) is 11.3 Å². The summed E-state index contributed by atoms with van der Waals surface area (Å²) in [6.07, 6.45) is 0. The van der Waals surface area contributed by atoms with Crippen LogP contribution in [0.1, 0.15) is 0 Å². The number of nitrogens with zero attached hydrogens (tertiary/aromatic N) is 1. The quantitative estimate of drug-likeness (QED) is 0.191. The summed E-state index contributed by atoms with van der Waals surface area (Å²) < 4.78 is 5.18. The van der Waals surface area contributed by atoms with E-state index in [0.717, 1.165) is 0 Å². The first kappa shape index (κ1) is 24.9. The molecule has 0 bridgehead atoms. The van der Waals surface area contributed by atoms with Gasteiger partial charge >= 0.3 is 0 Å². The monoisotopic (exact) mass is 613 g/mol. The van der Waals surface area contributed by atoms with E-state index in [1.807, 2.05) is 34.9 Å². The minimum Gasteiger partial charge on any atom is -0.308 e. The van der Waals surface area contributed by atoms with E-state index >= 15 is 0 Å². The molecule has 1 nitrogen and oxygen atoms in total. The van der Waals surface area contributed by atoms with E-state index in [1.54, 1.807) is 0 Å². The first-order valence-electron chi connectivity index (χ1n) is 14.8. The molecule has 0 N–H and O–H groups in total. The lowest BCUT2D eigenvalue weighted by Gasteiger charge is -2.22. The lowest BCUT2D eigenvalue weighted by atomic mass is 10.0. The molecule has 0 unspecified atom stereocenters. The predicted molar refractivity (Wildman–Crippen MR) is 191 cm³/mol. The molecule has 0 atom stereocenters. The Hall–Kier alpha value is -4.48. The van der Waals surface area contributed by atoms with Crippen LogP contribution in [-0.4, -0.2) is 4.57 Å². The van der Waals surface area contributed by atoms with Crippen LogP contribution < -0.4 is 0 Å². The van der Waals surface area contributed by atoms with Crippen LogP contribution in [-0.2, 0) is 0 Å². The Labute approximate surface area is 266 Å². The standard InChI is InChI=1S/C40H23NS3/c1-2-11-29-28(10-1)37-30-12-3-5-13-32(30)41(38(37)40-39(29)43-35-15-7-8-16-36(35)44-40)26-20-17-24(18-21-26)25-19-22-34-31(23-25)27-9-4-6-14-33(27)42-34/h1-23H. The lowest BCUT2D eigenvalue weighted by Crippen LogP contribution is -1.98. The van der Waals surface area contributed by atoms with Crippen molar-refractivity contribution in [2.24, 2.45) is 0 Å². The molecule has 0 spiro atoms. The van der Waals surface area contributed by atoms with Crippen LogP contribution in [0.2, 0.25) is 0 Å². The Morgan fingerprint density at radius 3 is 1.86 bits per heavy atom. The summed E-state index contributed by atoms with van der Waals surface area (Å²) in [6, 6.07) is 51.4. The summed E-state index contributed by atoms with van der Waals surface area (Å²) in [4.78, 5) is 5.35. The van der Waals surface area contributed by atoms with Crippen molar-refractivity contribution in [2.45, 2.75) is 19.6 Å². The van der Waals surface area contributed by atoms with Gasteiger partial charge in [-0.3, -0.25) is 0 Å². The molecule has 2 aromatic heterocycles. The molecule has 9 aromatic rings. The molecule has 0 saturated heterocycles. The number of benzene rings is 7. The van der Waals surface area contributed by atoms with Crippen LogP contribution in [0, 0.1) is 0 Å². The first-order valence-corrected chi connectivity index (χ1v) is 17.2. The number of hydrogen-bond donors (Lipinski definition) is 0. The molecule has 1 aliphatic heterocycles. The fraction of sp³-hybridized carbons (Fsp3) is 0. The molecule has 7 aromatic carbocycles. The maximum atomic E-state index is 2.50. The van der Waals surface area contributed by atoms with Crippen LogP contribution in [0.15, 0.2) is 159 Å². The van der Waals surface area contributed by atoms with Gasteiger partial charge in [0.2, 0.25) is 0 Å². The Balaban J connectivity index is 1.21. The second kappa shape index (κ2) is 9.51. The Kier molecular flexibility index (Phi) is 5.38. The van der Waals surface area contributed by atoms with Crippen molar-refractivity contribution in [3.8, 4) is 16.8 Å². The molecule has 1 aliphatic rings. The number of para-hydroxylation sites is 1. The molecule has 10 rings (SSSR count). The van der Waals surface area contributed by atoms with Gasteiger partial charge in [-0.05, 0) is 70.4 Å². The fourth-order valence-corrected chi connectivity index (χ4v) is 10.5. The van der Waals surface area contributed by atoms with E-state index in [9.17, 15) is 0 Å². The summed E-state index contributed by atoms with van der Waals surface area (Å²) in [5, 5.41) is 7.95. The van der Waals surface area contributed by atoms with Crippen molar-refractivity contribution in [2.75, 3.05) is 0 Å². The fourth-order valence-electron chi connectivity index (χ4n) is 6.87. The number of rotatable bonds is 2. The molecule has 0 amide bonds. The van der Waals surface area contributed by atoms with Crippen molar-refractivity contribution in [1.82, 2.24) is 4.57 Å². The maximum Gasteiger partial charge on any atom is 0.0698 e. The van der Waals surface area contributed by atoms with Crippen molar-refractivity contribution in [3.05, 3.63) is 140 Å². The van der Waals surface area contributed by atoms with Crippen LogP contribution in [0.5, 0.6) is 0 Å². The van der Waals surface area contributed by atoms with Gasteiger partial charge in [0.15, 0.2) is 0 Å². The van der Waals surface area contributed by atoms with E-state index in [0.29, 0.717) is 0 Å². The highest BCUT2D eigenvalue weighted by Crippen LogP contribution is 2.55. The Bertz CT molecular complexity index is 2610. The normalized spacial score (nSPS) is 12.8. The van der Waals surface area contributed by atoms with E-state index in [4.69, 9.17) is 0 Å². The summed E-state index contributed by atoms with van der Waals surface area (Å²) in [5.41, 5.74) is 6.21. The van der Waals surface area contributed by atoms with Crippen LogP contribution >= 0.6 is 34.9 Å². The van der Waals surface area contributed by atoms with E-state index in [-0.39, 0.29) is 0 Å². The lowest BCUT2D eigenvalue weighted by molar-refractivity contribution is 1.12. The zero-order valence-electron chi connectivity index (χ0n) is 23.5. The third-order valence-corrected chi connectivity index (χ3v) is 12.6. The number of thiophene rings is 1. The van der Waals surface area contributed by atoms with Gasteiger partial charge in [-0.2, -0.15) is 0 Å². The Morgan fingerprint density at radius 2 is 1.05 bits per heavy atom. The van der Waals surface area contributed by atoms with Gasteiger partial charge < -0.3 is 4.57 Å². The van der Waals surface area contributed by atoms with Crippen LogP contribution in [0.3, 0.4) is 0 Å². The van der Waals surface area contributed by atoms with E-state index < -0.39 is 0 Å². The molecular formula is C40H23NS3. The minimum absolute atomic E-state index is 1.18.